The van der Waals surface area contributed by atoms with E-state index in [0.29, 0.717) is 11.3 Å². The van der Waals surface area contributed by atoms with Crippen LogP contribution in [0.2, 0.25) is 0 Å². The first-order valence-corrected chi connectivity index (χ1v) is 7.83. The Bertz CT molecular complexity index is 754. The summed E-state index contributed by atoms with van der Waals surface area (Å²) in [5.41, 5.74) is 0.516. The SMILES string of the molecule is Cc1nc(C(C)NC(=O)c2ncsc2C(F)(F)F)sc1C(=O)O. The molecule has 124 valence electrons. The second-order valence-electron chi connectivity index (χ2n) is 4.49. The topological polar surface area (TPSA) is 92.2 Å². The molecule has 0 aliphatic carbocycles. The Labute approximate surface area is 136 Å². The highest BCUT2D eigenvalue weighted by Gasteiger charge is 2.38. The van der Waals surface area contributed by atoms with Gasteiger partial charge in [-0.25, -0.2) is 14.8 Å². The van der Waals surface area contributed by atoms with E-state index in [1.165, 1.54) is 13.8 Å². The van der Waals surface area contributed by atoms with Gasteiger partial charge in [-0.15, -0.1) is 22.7 Å². The van der Waals surface area contributed by atoms with Gasteiger partial charge in [0.1, 0.15) is 14.8 Å². The first-order chi connectivity index (χ1) is 10.6. The lowest BCUT2D eigenvalue weighted by molar-refractivity contribution is -0.134. The summed E-state index contributed by atoms with van der Waals surface area (Å²) in [5.74, 6) is -2.14. The van der Waals surface area contributed by atoms with Crippen LogP contribution in [0.3, 0.4) is 0 Å². The van der Waals surface area contributed by atoms with Crippen molar-refractivity contribution >= 4 is 34.6 Å². The Morgan fingerprint density at radius 3 is 2.57 bits per heavy atom. The van der Waals surface area contributed by atoms with Crippen molar-refractivity contribution in [3.8, 4) is 0 Å². The van der Waals surface area contributed by atoms with Gasteiger partial charge < -0.3 is 10.4 Å². The molecule has 2 aromatic rings. The summed E-state index contributed by atoms with van der Waals surface area (Å²) in [7, 11) is 0. The van der Waals surface area contributed by atoms with Crippen LogP contribution in [0.5, 0.6) is 0 Å². The molecule has 0 aliphatic rings. The second-order valence-corrected chi connectivity index (χ2v) is 6.38. The quantitative estimate of drug-likeness (QED) is 0.869. The van der Waals surface area contributed by atoms with Crippen LogP contribution in [0.4, 0.5) is 13.2 Å². The first kappa shape index (κ1) is 17.3. The molecule has 1 unspecified atom stereocenters. The van der Waals surface area contributed by atoms with Gasteiger partial charge in [0, 0.05) is 0 Å². The molecule has 2 aromatic heterocycles. The zero-order chi connectivity index (χ0) is 17.4. The van der Waals surface area contributed by atoms with Crippen molar-refractivity contribution < 1.29 is 27.9 Å². The number of thiazole rings is 2. The molecule has 2 rings (SSSR count). The second kappa shape index (κ2) is 6.24. The van der Waals surface area contributed by atoms with E-state index in [1.54, 1.807) is 0 Å². The number of hydrogen-bond acceptors (Lipinski definition) is 6. The van der Waals surface area contributed by atoms with E-state index < -0.39 is 34.7 Å². The van der Waals surface area contributed by atoms with Crippen LogP contribution in [0.25, 0.3) is 0 Å². The molecule has 1 amide bonds. The van der Waals surface area contributed by atoms with Gasteiger partial charge in [-0.2, -0.15) is 13.2 Å². The summed E-state index contributed by atoms with van der Waals surface area (Å²) >= 11 is 1.19. The number of hydrogen-bond donors (Lipinski definition) is 2. The number of carbonyl (C=O) groups is 2. The molecular weight excluding hydrogens is 355 g/mol. The Kier molecular flexibility index (Phi) is 4.71. The summed E-state index contributed by atoms with van der Waals surface area (Å²) in [4.78, 5) is 29.4. The number of amides is 1. The average molecular weight is 365 g/mol. The number of nitrogens with one attached hydrogen (secondary N) is 1. The van der Waals surface area contributed by atoms with Crippen molar-refractivity contribution in [2.24, 2.45) is 0 Å². The molecule has 0 aromatic carbocycles. The lowest BCUT2D eigenvalue weighted by Gasteiger charge is -2.11. The van der Waals surface area contributed by atoms with Crippen LogP contribution < -0.4 is 5.32 Å². The van der Waals surface area contributed by atoms with Crippen LogP contribution >= 0.6 is 22.7 Å². The van der Waals surface area contributed by atoms with Crippen LogP contribution in [0.15, 0.2) is 5.51 Å². The maximum absolute atomic E-state index is 12.8. The summed E-state index contributed by atoms with van der Waals surface area (Å²) < 4.78 is 38.3. The van der Waals surface area contributed by atoms with Crippen LogP contribution in [0.1, 0.15) is 48.7 Å². The monoisotopic (exact) mass is 365 g/mol. The molecule has 11 heteroatoms. The van der Waals surface area contributed by atoms with E-state index in [-0.39, 0.29) is 15.6 Å². The standard InChI is InChI=1S/C12H10F3N3O3S2/c1-4-7(11(20)21)23-10(18-4)5(2)17-9(19)6-8(12(13,14)15)22-3-16-6/h3,5H,1-2H3,(H,17,19)(H,20,21). The van der Waals surface area contributed by atoms with E-state index in [1.807, 2.05) is 0 Å². The molecule has 0 fully saturated rings. The number of aromatic carboxylic acids is 1. The summed E-state index contributed by atoms with van der Waals surface area (Å²) in [5, 5.41) is 11.6. The fraction of sp³-hybridized carbons (Fsp3) is 0.333. The molecular formula is C12H10F3N3O3S2. The highest BCUT2D eigenvalue weighted by atomic mass is 32.1. The van der Waals surface area contributed by atoms with Gasteiger partial charge in [0.2, 0.25) is 0 Å². The van der Waals surface area contributed by atoms with Crippen LogP contribution in [-0.4, -0.2) is 27.0 Å². The Morgan fingerprint density at radius 1 is 1.39 bits per heavy atom. The zero-order valence-corrected chi connectivity index (χ0v) is 13.4. The van der Waals surface area contributed by atoms with Gasteiger partial charge in [-0.1, -0.05) is 0 Å². The van der Waals surface area contributed by atoms with Crippen molar-refractivity contribution in [3.05, 3.63) is 31.7 Å². The van der Waals surface area contributed by atoms with E-state index in [4.69, 9.17) is 5.11 Å². The predicted octanol–water partition coefficient (Wildman–Crippen LogP) is 3.12. The molecule has 23 heavy (non-hydrogen) atoms. The van der Waals surface area contributed by atoms with Crippen LogP contribution in [-0.2, 0) is 6.18 Å². The maximum atomic E-state index is 12.8. The molecule has 2 N–H and O–H groups in total. The molecule has 0 bridgehead atoms. The first-order valence-electron chi connectivity index (χ1n) is 6.13. The Balaban J connectivity index is 2.19. The fourth-order valence-corrected chi connectivity index (χ4v) is 3.30. The lowest BCUT2D eigenvalue weighted by atomic mass is 10.3. The minimum absolute atomic E-state index is 0.0192. The minimum atomic E-state index is -4.66. The Hall–Kier alpha value is -2.01. The summed E-state index contributed by atoms with van der Waals surface area (Å²) in [6.45, 7) is 3.00. The lowest BCUT2D eigenvalue weighted by Crippen LogP contribution is -2.28. The number of alkyl halides is 3. The number of halogens is 3. The molecule has 1 atom stereocenters. The smallest absolute Gasteiger partial charge is 0.427 e. The van der Waals surface area contributed by atoms with E-state index in [2.05, 4.69) is 15.3 Å². The van der Waals surface area contributed by atoms with E-state index in [9.17, 15) is 22.8 Å². The van der Waals surface area contributed by atoms with Crippen molar-refractivity contribution in [2.75, 3.05) is 0 Å². The Morgan fingerprint density at radius 2 is 2.04 bits per heavy atom. The van der Waals surface area contributed by atoms with E-state index in [0.717, 1.165) is 16.8 Å². The number of aromatic nitrogens is 2. The fourth-order valence-electron chi connectivity index (χ4n) is 1.74. The zero-order valence-electron chi connectivity index (χ0n) is 11.8. The number of carbonyl (C=O) groups excluding carboxylic acids is 1. The third kappa shape index (κ3) is 3.67. The number of carboxylic acids is 1. The average Bonchev–Trinajstić information content (AvgIpc) is 3.03. The maximum Gasteiger partial charge on any atom is 0.427 e. The molecule has 0 aliphatic heterocycles. The number of rotatable bonds is 4. The van der Waals surface area contributed by atoms with Gasteiger partial charge in [-0.05, 0) is 13.8 Å². The van der Waals surface area contributed by atoms with Gasteiger partial charge in [-0.3, -0.25) is 4.79 Å². The van der Waals surface area contributed by atoms with Crippen molar-refractivity contribution in [2.45, 2.75) is 26.1 Å². The highest BCUT2D eigenvalue weighted by molar-refractivity contribution is 7.13. The van der Waals surface area contributed by atoms with Crippen molar-refractivity contribution in [1.29, 1.82) is 0 Å². The third-order valence-corrected chi connectivity index (χ3v) is 4.96. The van der Waals surface area contributed by atoms with E-state index >= 15 is 0 Å². The molecule has 0 saturated carbocycles. The minimum Gasteiger partial charge on any atom is -0.477 e. The van der Waals surface area contributed by atoms with Crippen molar-refractivity contribution in [1.82, 2.24) is 15.3 Å². The van der Waals surface area contributed by atoms with Crippen LogP contribution in [0, 0.1) is 6.92 Å². The van der Waals surface area contributed by atoms with Gasteiger partial charge >= 0.3 is 12.1 Å². The molecule has 2 heterocycles. The number of aryl methyl sites for hydroxylation is 1. The largest absolute Gasteiger partial charge is 0.477 e. The molecule has 0 spiro atoms. The number of nitrogens with zero attached hydrogens (tertiary/aromatic N) is 2. The van der Waals surface area contributed by atoms with Crippen molar-refractivity contribution in [3.63, 3.8) is 0 Å². The van der Waals surface area contributed by atoms with Gasteiger partial charge in [0.05, 0.1) is 17.2 Å². The molecule has 6 nitrogen and oxygen atoms in total. The summed E-state index contributed by atoms with van der Waals surface area (Å²) in [6.07, 6.45) is -4.66. The predicted molar refractivity (Wildman–Crippen MR) is 76.8 cm³/mol. The summed E-state index contributed by atoms with van der Waals surface area (Å²) in [6, 6.07) is -0.748. The number of carboxylic acid groups (broad SMARTS) is 1. The molecule has 0 radical (unpaired) electrons. The third-order valence-electron chi connectivity index (χ3n) is 2.77. The van der Waals surface area contributed by atoms with Gasteiger partial charge in [0.25, 0.3) is 5.91 Å². The molecule has 0 saturated heterocycles. The normalized spacial score (nSPS) is 12.9. The van der Waals surface area contributed by atoms with Gasteiger partial charge in [0.15, 0.2) is 5.69 Å². The highest BCUT2D eigenvalue weighted by Crippen LogP contribution is 2.35.